The maximum absolute atomic E-state index is 12.8. The van der Waals surface area contributed by atoms with Gasteiger partial charge in [0.1, 0.15) is 11.5 Å². The summed E-state index contributed by atoms with van der Waals surface area (Å²) in [6, 6.07) is 10.6. The van der Waals surface area contributed by atoms with Gasteiger partial charge in [-0.3, -0.25) is 0 Å². The molecule has 0 bridgehead atoms. The van der Waals surface area contributed by atoms with E-state index in [0.717, 1.165) is 33.1 Å². The van der Waals surface area contributed by atoms with Crippen molar-refractivity contribution in [1.82, 2.24) is 9.38 Å². The zero-order valence-corrected chi connectivity index (χ0v) is 11.4. The first-order valence-corrected chi connectivity index (χ1v) is 6.44. The van der Waals surface area contributed by atoms with E-state index in [0.29, 0.717) is 0 Å². The molecule has 1 aromatic carbocycles. The Morgan fingerprint density at radius 1 is 1.06 bits per heavy atom. The zero-order valence-electron chi connectivity index (χ0n) is 9.39. The van der Waals surface area contributed by atoms with Crippen LogP contribution in [0.1, 0.15) is 0 Å². The fourth-order valence-electron chi connectivity index (χ4n) is 1.93. The van der Waals surface area contributed by atoms with Crippen LogP contribution in [0.4, 0.5) is 4.39 Å². The lowest BCUT2D eigenvalue weighted by Gasteiger charge is -2.03. The Morgan fingerprint density at radius 3 is 2.59 bits per heavy atom. The van der Waals surface area contributed by atoms with Crippen LogP contribution in [0.25, 0.3) is 16.8 Å². The third-order valence-electron chi connectivity index (χ3n) is 2.88. The summed E-state index contributed by atoms with van der Waals surface area (Å²) < 4.78 is 16.2. The van der Waals surface area contributed by atoms with E-state index in [2.05, 4.69) is 9.38 Å². The number of benzene rings is 1. The van der Waals surface area contributed by atoms with E-state index in [9.17, 15) is 4.39 Å². The maximum atomic E-state index is 12.8. The third kappa shape index (κ3) is 1.86. The summed E-state index contributed by atoms with van der Waals surface area (Å²) in [5.74, 6) is -0.211. The van der Waals surface area contributed by atoms with Crippen molar-refractivity contribution in [3.63, 3.8) is 0 Å². The molecule has 0 amide bonds. The fourth-order valence-corrected chi connectivity index (χ4v) is 2.44. The summed E-state index contributed by atoms with van der Waals surface area (Å²) in [7, 11) is 0. The van der Waals surface area contributed by atoms with Crippen LogP contribution < -0.4 is 4.56 Å². The fraction of sp³-hybridized carbons (Fsp3) is 0. The Morgan fingerprint density at radius 2 is 1.82 bits per heavy atom. The summed E-state index contributed by atoms with van der Waals surface area (Å²) >= 11 is 0.977. The van der Waals surface area contributed by atoms with Crippen molar-refractivity contribution in [2.45, 2.75) is 0 Å². The van der Waals surface area contributed by atoms with Gasteiger partial charge in [0.15, 0.2) is 0 Å². The molecule has 82 valence electrons. The highest BCUT2D eigenvalue weighted by Gasteiger charge is 2.02. The summed E-state index contributed by atoms with van der Waals surface area (Å²) in [6.45, 7) is 0. The molecule has 0 aliphatic carbocycles. The van der Waals surface area contributed by atoms with Gasteiger partial charge < -0.3 is 4.40 Å². The monoisotopic (exact) mass is 240 g/mol. The Kier molecular flexibility index (Phi) is 2.47. The first kappa shape index (κ1) is 10.5. The van der Waals surface area contributed by atoms with Crippen molar-refractivity contribution in [1.29, 1.82) is 0 Å². The van der Waals surface area contributed by atoms with Gasteiger partial charge in [0.25, 0.3) is 16.3 Å². The number of halogens is 1. The Labute approximate surface area is 106 Å². The predicted molar refractivity (Wildman–Crippen MR) is 68.8 cm³/mol. The van der Waals surface area contributed by atoms with E-state index < -0.39 is 0 Å². The SMILES string of the molecule is Fc1ccc(-c2ccn3[c]([AlH2])cnc3c2)cc1. The smallest absolute Gasteiger partial charge is 0.289 e. The number of imidazole rings is 1. The second kappa shape index (κ2) is 3.99. The molecule has 0 atom stereocenters. The summed E-state index contributed by atoms with van der Waals surface area (Å²) in [5, 5.41) is 0. The van der Waals surface area contributed by atoms with Crippen LogP contribution in [-0.4, -0.2) is 25.7 Å². The molecular weight excluding hydrogens is 230 g/mol. The van der Waals surface area contributed by atoms with Gasteiger partial charge in [0, 0.05) is 12.4 Å². The van der Waals surface area contributed by atoms with Crippen molar-refractivity contribution in [3.8, 4) is 11.1 Å². The molecule has 0 fully saturated rings. The predicted octanol–water partition coefficient (Wildman–Crippen LogP) is 1.40. The van der Waals surface area contributed by atoms with Crippen LogP contribution in [-0.2, 0) is 0 Å². The number of aromatic nitrogens is 2. The normalized spacial score (nSPS) is 10.9. The third-order valence-corrected chi connectivity index (χ3v) is 3.62. The van der Waals surface area contributed by atoms with Crippen LogP contribution in [0.2, 0.25) is 0 Å². The van der Waals surface area contributed by atoms with Gasteiger partial charge in [0.05, 0.1) is 0 Å². The van der Waals surface area contributed by atoms with Crippen molar-refractivity contribution >= 4 is 26.5 Å². The molecule has 0 saturated heterocycles. The van der Waals surface area contributed by atoms with Gasteiger partial charge in [-0.15, -0.1) is 0 Å². The molecular formula is C13H10AlFN2. The minimum Gasteiger partial charge on any atom is -0.322 e. The van der Waals surface area contributed by atoms with Gasteiger partial charge >= 0.3 is 0 Å². The number of pyridine rings is 1. The van der Waals surface area contributed by atoms with E-state index in [1.807, 2.05) is 24.5 Å². The van der Waals surface area contributed by atoms with Crippen LogP contribution in [0.15, 0.2) is 48.8 Å². The molecule has 2 heterocycles. The summed E-state index contributed by atoms with van der Waals surface area (Å²) in [5.41, 5.74) is 3.01. The number of fused-ring (bicyclic) bond motifs is 1. The zero-order chi connectivity index (χ0) is 11.8. The average Bonchev–Trinajstić information content (AvgIpc) is 2.72. The highest BCUT2D eigenvalue weighted by molar-refractivity contribution is 6.31. The lowest BCUT2D eigenvalue weighted by molar-refractivity contribution is 0.628. The Balaban J connectivity index is 2.14. The van der Waals surface area contributed by atoms with Crippen LogP contribution >= 0.6 is 0 Å². The van der Waals surface area contributed by atoms with E-state index >= 15 is 0 Å². The lowest BCUT2D eigenvalue weighted by atomic mass is 10.1. The van der Waals surface area contributed by atoms with Crippen molar-refractivity contribution < 1.29 is 4.39 Å². The summed E-state index contributed by atoms with van der Waals surface area (Å²) in [4.78, 5) is 4.35. The molecule has 0 saturated carbocycles. The second-order valence-corrected chi connectivity index (χ2v) is 5.07. The van der Waals surface area contributed by atoms with Crippen molar-refractivity contribution in [3.05, 3.63) is 54.6 Å². The molecule has 0 unspecified atom stereocenters. The van der Waals surface area contributed by atoms with E-state index in [4.69, 9.17) is 0 Å². The molecule has 2 aromatic heterocycles. The minimum absolute atomic E-state index is 0.211. The van der Waals surface area contributed by atoms with Gasteiger partial charge in [-0.2, -0.15) is 0 Å². The molecule has 2 nitrogen and oxygen atoms in total. The highest BCUT2D eigenvalue weighted by Crippen LogP contribution is 2.20. The van der Waals surface area contributed by atoms with Crippen LogP contribution in [0.5, 0.6) is 0 Å². The number of hydrogen-bond donors (Lipinski definition) is 0. The molecule has 17 heavy (non-hydrogen) atoms. The van der Waals surface area contributed by atoms with Gasteiger partial charge in [0.2, 0.25) is 0 Å². The molecule has 3 aromatic rings. The largest absolute Gasteiger partial charge is 0.322 e. The quantitative estimate of drug-likeness (QED) is 0.588. The topological polar surface area (TPSA) is 17.3 Å². The van der Waals surface area contributed by atoms with Gasteiger partial charge in [-0.25, -0.2) is 9.37 Å². The molecule has 0 spiro atoms. The first-order chi connectivity index (χ1) is 8.24. The number of rotatable bonds is 1. The molecule has 0 aliphatic rings. The maximum Gasteiger partial charge on any atom is 0.289 e. The van der Waals surface area contributed by atoms with Crippen LogP contribution in [0, 0.1) is 5.82 Å². The van der Waals surface area contributed by atoms with Gasteiger partial charge in [-0.05, 0) is 39.9 Å². The standard InChI is InChI=1S/C13H8FN2.Al.2H/c14-12-3-1-10(2-4-12)11-5-7-16-8-6-15-13(16)9-11;;;/h1-7,9H;;;. The van der Waals surface area contributed by atoms with E-state index in [-0.39, 0.29) is 5.82 Å². The summed E-state index contributed by atoms with van der Waals surface area (Å²) in [6.07, 6.45) is 3.92. The Hall–Kier alpha value is -1.63. The van der Waals surface area contributed by atoms with Crippen molar-refractivity contribution in [2.24, 2.45) is 0 Å². The van der Waals surface area contributed by atoms with E-state index in [1.165, 1.54) is 16.7 Å². The minimum atomic E-state index is -0.211. The molecule has 4 heteroatoms. The molecule has 0 radical (unpaired) electrons. The van der Waals surface area contributed by atoms with Crippen molar-refractivity contribution in [2.75, 3.05) is 0 Å². The van der Waals surface area contributed by atoms with E-state index in [1.54, 1.807) is 12.1 Å². The number of nitrogens with zero attached hydrogens (tertiary/aromatic N) is 2. The lowest BCUT2D eigenvalue weighted by Crippen LogP contribution is -2.08. The van der Waals surface area contributed by atoms with Crippen LogP contribution in [0.3, 0.4) is 0 Å². The average molecular weight is 240 g/mol. The molecule has 0 aliphatic heterocycles. The molecule has 0 N–H and O–H groups in total. The molecule has 3 rings (SSSR count). The first-order valence-electron chi connectivity index (χ1n) is 5.44. The van der Waals surface area contributed by atoms with Gasteiger partial charge in [-0.1, -0.05) is 12.1 Å². The highest BCUT2D eigenvalue weighted by atomic mass is 27.0. The Bertz CT molecular complexity index is 673. The number of hydrogen-bond acceptors (Lipinski definition) is 1. The second-order valence-electron chi connectivity index (χ2n) is 4.05.